The molecule has 0 fully saturated rings. The number of pyridine rings is 1. The van der Waals surface area contributed by atoms with E-state index in [-0.39, 0.29) is 6.04 Å². The van der Waals surface area contributed by atoms with Gasteiger partial charge in [-0.15, -0.1) is 0 Å². The maximum atomic E-state index is 4.48. The number of nitrogens with zero attached hydrogens (tertiary/aromatic N) is 3. The molecule has 2 heterocycles. The van der Waals surface area contributed by atoms with Crippen molar-refractivity contribution in [2.24, 2.45) is 0 Å². The third-order valence-corrected chi connectivity index (χ3v) is 3.47. The topological polar surface area (TPSA) is 42.7 Å². The number of aryl methyl sites for hydroxylation is 3. The molecule has 1 atom stereocenters. The highest BCUT2D eigenvalue weighted by molar-refractivity contribution is 5.31. The molecule has 0 radical (unpaired) electrons. The minimum Gasteiger partial charge on any atom is -0.306 e. The molecule has 0 saturated heterocycles. The van der Waals surface area contributed by atoms with Gasteiger partial charge in [0.05, 0.1) is 12.2 Å². The average Bonchev–Trinajstić information content (AvgIpc) is 2.87. The molecule has 0 bridgehead atoms. The van der Waals surface area contributed by atoms with E-state index >= 15 is 0 Å². The Kier molecular flexibility index (Phi) is 5.51. The Morgan fingerprint density at radius 3 is 2.43 bits per heavy atom. The van der Waals surface area contributed by atoms with Gasteiger partial charge in [-0.2, -0.15) is 5.10 Å². The molecule has 1 unspecified atom stereocenters. The molecular weight excluding hydrogens is 260 g/mol. The molecule has 1 N–H and O–H groups in total. The maximum absolute atomic E-state index is 4.48. The smallest absolute Gasteiger partial charge is 0.0609 e. The lowest BCUT2D eigenvalue weighted by Crippen LogP contribution is -2.23. The summed E-state index contributed by atoms with van der Waals surface area (Å²) in [6, 6.07) is 4.52. The summed E-state index contributed by atoms with van der Waals surface area (Å²) < 4.78 is 2.02. The highest BCUT2D eigenvalue weighted by Crippen LogP contribution is 2.23. The molecule has 0 aliphatic heterocycles. The molecular formula is C17H26N4. The van der Waals surface area contributed by atoms with Gasteiger partial charge in [-0.1, -0.05) is 13.8 Å². The normalized spacial score (nSPS) is 12.6. The van der Waals surface area contributed by atoms with Crippen LogP contribution in [-0.4, -0.2) is 21.3 Å². The van der Waals surface area contributed by atoms with E-state index in [4.69, 9.17) is 0 Å². The molecule has 2 rings (SSSR count). The standard InChI is InChI=1S/C17H26N4/c1-5-7-18-17(15-9-13(3)20-14(4)10-15)16-11-19-21(12-16)8-6-2/h9-12,17-18H,5-8H2,1-4H3. The van der Waals surface area contributed by atoms with Crippen LogP contribution in [0.4, 0.5) is 0 Å². The average molecular weight is 286 g/mol. The summed E-state index contributed by atoms with van der Waals surface area (Å²) in [5, 5.41) is 8.10. The zero-order valence-corrected chi connectivity index (χ0v) is 13.6. The lowest BCUT2D eigenvalue weighted by Gasteiger charge is -2.18. The molecule has 4 nitrogen and oxygen atoms in total. The molecule has 21 heavy (non-hydrogen) atoms. The number of nitrogens with one attached hydrogen (secondary N) is 1. The summed E-state index contributed by atoms with van der Waals surface area (Å²) in [5.74, 6) is 0. The first-order valence-corrected chi connectivity index (χ1v) is 7.85. The second-order valence-corrected chi connectivity index (χ2v) is 5.61. The Balaban J connectivity index is 2.31. The quantitative estimate of drug-likeness (QED) is 0.848. The van der Waals surface area contributed by atoms with Crippen LogP contribution in [0.1, 0.15) is 55.2 Å². The zero-order chi connectivity index (χ0) is 15.2. The molecule has 4 heteroatoms. The first-order valence-electron chi connectivity index (χ1n) is 7.85. The Labute approximate surface area is 127 Å². The first kappa shape index (κ1) is 15.7. The van der Waals surface area contributed by atoms with Crippen molar-refractivity contribution in [1.29, 1.82) is 0 Å². The lowest BCUT2D eigenvalue weighted by atomic mass is 10.0. The third kappa shape index (κ3) is 4.14. The molecule has 0 spiro atoms. The Bertz CT molecular complexity index is 554. The fraction of sp³-hybridized carbons (Fsp3) is 0.529. The summed E-state index contributed by atoms with van der Waals surface area (Å²) in [5.41, 5.74) is 4.62. The van der Waals surface area contributed by atoms with E-state index < -0.39 is 0 Å². The summed E-state index contributed by atoms with van der Waals surface area (Å²) in [4.78, 5) is 4.48. The molecule has 0 aromatic carbocycles. The van der Waals surface area contributed by atoms with E-state index in [0.29, 0.717) is 0 Å². The summed E-state index contributed by atoms with van der Waals surface area (Å²) in [6.45, 7) is 10.4. The van der Waals surface area contributed by atoms with Gasteiger partial charge in [-0.3, -0.25) is 9.67 Å². The molecule has 2 aromatic heterocycles. The van der Waals surface area contributed by atoms with Crippen molar-refractivity contribution in [3.8, 4) is 0 Å². The number of hydrogen-bond donors (Lipinski definition) is 1. The van der Waals surface area contributed by atoms with Gasteiger partial charge in [-0.25, -0.2) is 0 Å². The van der Waals surface area contributed by atoms with Gasteiger partial charge in [0.1, 0.15) is 0 Å². The highest BCUT2D eigenvalue weighted by Gasteiger charge is 2.16. The van der Waals surface area contributed by atoms with Crippen molar-refractivity contribution in [2.75, 3.05) is 6.54 Å². The van der Waals surface area contributed by atoms with E-state index in [1.54, 1.807) is 0 Å². The first-order chi connectivity index (χ1) is 10.1. The predicted molar refractivity (Wildman–Crippen MR) is 86.4 cm³/mol. The Morgan fingerprint density at radius 2 is 1.81 bits per heavy atom. The van der Waals surface area contributed by atoms with Gasteiger partial charge in [-0.05, 0) is 50.9 Å². The van der Waals surface area contributed by atoms with Gasteiger partial charge in [0.25, 0.3) is 0 Å². The fourth-order valence-corrected chi connectivity index (χ4v) is 2.63. The fourth-order valence-electron chi connectivity index (χ4n) is 2.63. The van der Waals surface area contributed by atoms with Crippen LogP contribution in [0, 0.1) is 13.8 Å². The van der Waals surface area contributed by atoms with Crippen LogP contribution >= 0.6 is 0 Å². The van der Waals surface area contributed by atoms with Crippen LogP contribution in [0.2, 0.25) is 0 Å². The van der Waals surface area contributed by atoms with Gasteiger partial charge in [0, 0.05) is 29.7 Å². The van der Waals surface area contributed by atoms with Crippen molar-refractivity contribution in [3.05, 3.63) is 47.0 Å². The minimum atomic E-state index is 0.191. The monoisotopic (exact) mass is 286 g/mol. The Hall–Kier alpha value is -1.68. The van der Waals surface area contributed by atoms with Gasteiger partial charge in [0.2, 0.25) is 0 Å². The Morgan fingerprint density at radius 1 is 1.10 bits per heavy atom. The van der Waals surface area contributed by atoms with Crippen molar-refractivity contribution in [3.63, 3.8) is 0 Å². The largest absolute Gasteiger partial charge is 0.306 e. The maximum Gasteiger partial charge on any atom is 0.0609 e. The molecule has 2 aromatic rings. The molecule has 114 valence electrons. The molecule has 0 saturated carbocycles. The summed E-state index contributed by atoms with van der Waals surface area (Å²) in [7, 11) is 0. The van der Waals surface area contributed by atoms with Crippen LogP contribution in [0.15, 0.2) is 24.5 Å². The number of aromatic nitrogens is 3. The van der Waals surface area contributed by atoms with Crippen LogP contribution in [-0.2, 0) is 6.54 Å². The molecule has 0 aliphatic rings. The van der Waals surface area contributed by atoms with E-state index in [2.05, 4.69) is 47.6 Å². The van der Waals surface area contributed by atoms with E-state index in [0.717, 1.165) is 37.3 Å². The van der Waals surface area contributed by atoms with Gasteiger partial charge < -0.3 is 5.32 Å². The van der Waals surface area contributed by atoms with Gasteiger partial charge >= 0.3 is 0 Å². The van der Waals surface area contributed by atoms with Crippen LogP contribution in [0.3, 0.4) is 0 Å². The van der Waals surface area contributed by atoms with Crippen molar-refractivity contribution in [1.82, 2.24) is 20.1 Å². The SMILES string of the molecule is CCCNC(c1cc(C)nc(C)c1)c1cnn(CCC)c1. The number of rotatable bonds is 7. The van der Waals surface area contributed by atoms with Crippen LogP contribution < -0.4 is 5.32 Å². The summed E-state index contributed by atoms with van der Waals surface area (Å²) in [6.07, 6.45) is 6.35. The second kappa shape index (κ2) is 7.36. The van der Waals surface area contributed by atoms with Crippen molar-refractivity contribution >= 4 is 0 Å². The van der Waals surface area contributed by atoms with Crippen molar-refractivity contribution in [2.45, 2.75) is 53.1 Å². The van der Waals surface area contributed by atoms with Crippen LogP contribution in [0.5, 0.6) is 0 Å². The molecule has 0 aliphatic carbocycles. The minimum absolute atomic E-state index is 0.191. The van der Waals surface area contributed by atoms with Gasteiger partial charge in [0.15, 0.2) is 0 Å². The van der Waals surface area contributed by atoms with Crippen LogP contribution in [0.25, 0.3) is 0 Å². The van der Waals surface area contributed by atoms with Crippen molar-refractivity contribution < 1.29 is 0 Å². The third-order valence-electron chi connectivity index (χ3n) is 3.47. The summed E-state index contributed by atoms with van der Waals surface area (Å²) >= 11 is 0. The zero-order valence-electron chi connectivity index (χ0n) is 13.6. The molecule has 0 amide bonds. The predicted octanol–water partition coefficient (Wildman–Crippen LogP) is 3.39. The number of hydrogen-bond acceptors (Lipinski definition) is 3. The lowest BCUT2D eigenvalue weighted by molar-refractivity contribution is 0.587. The second-order valence-electron chi connectivity index (χ2n) is 5.61. The van der Waals surface area contributed by atoms with E-state index in [1.165, 1.54) is 11.1 Å². The van der Waals surface area contributed by atoms with E-state index in [1.807, 2.05) is 24.7 Å². The van der Waals surface area contributed by atoms with E-state index in [9.17, 15) is 0 Å². The highest BCUT2D eigenvalue weighted by atomic mass is 15.3.